The Balaban J connectivity index is 1.63. The molecule has 1 heterocycles. The van der Waals surface area contributed by atoms with Gasteiger partial charge in [-0.3, -0.25) is 4.79 Å². The van der Waals surface area contributed by atoms with Crippen molar-refractivity contribution in [2.75, 3.05) is 18.5 Å². The maximum atomic E-state index is 12.6. The highest BCUT2D eigenvalue weighted by Gasteiger charge is 2.19. The van der Waals surface area contributed by atoms with Crippen molar-refractivity contribution in [1.29, 1.82) is 0 Å². The van der Waals surface area contributed by atoms with Crippen LogP contribution >= 0.6 is 15.9 Å². The zero-order valence-corrected chi connectivity index (χ0v) is 14.3. The van der Waals surface area contributed by atoms with E-state index in [-0.39, 0.29) is 5.91 Å². The lowest BCUT2D eigenvalue weighted by molar-refractivity contribution is 0.102. The van der Waals surface area contributed by atoms with Gasteiger partial charge in [0.15, 0.2) is 11.5 Å². The fourth-order valence-corrected chi connectivity index (χ4v) is 3.21. The molecule has 0 saturated heterocycles. The highest BCUT2D eigenvalue weighted by Crippen LogP contribution is 2.35. The molecule has 120 valence electrons. The van der Waals surface area contributed by atoms with Crippen molar-refractivity contribution in [2.24, 2.45) is 0 Å². The van der Waals surface area contributed by atoms with Crippen molar-refractivity contribution >= 4 is 38.3 Å². The number of halogens is 1. The summed E-state index contributed by atoms with van der Waals surface area (Å²) in [5.41, 5.74) is 1.26. The van der Waals surface area contributed by atoms with Crippen LogP contribution in [0, 0.1) is 0 Å². The van der Waals surface area contributed by atoms with Gasteiger partial charge in [-0.15, -0.1) is 0 Å². The van der Waals surface area contributed by atoms with Crippen molar-refractivity contribution < 1.29 is 14.3 Å². The quantitative estimate of drug-likeness (QED) is 0.701. The first-order valence-corrected chi connectivity index (χ1v) is 8.39. The van der Waals surface area contributed by atoms with Gasteiger partial charge in [0.2, 0.25) is 0 Å². The second-order valence-electron chi connectivity index (χ2n) is 5.49. The number of ether oxygens (including phenoxy) is 2. The molecule has 5 heteroatoms. The fourth-order valence-electron chi connectivity index (χ4n) is 2.70. The molecule has 0 fully saturated rings. The first-order chi connectivity index (χ1) is 11.7. The second-order valence-corrected chi connectivity index (χ2v) is 6.35. The normalized spacial score (nSPS) is 12.9. The van der Waals surface area contributed by atoms with E-state index in [2.05, 4.69) is 21.2 Å². The predicted molar refractivity (Wildman–Crippen MR) is 97.0 cm³/mol. The summed E-state index contributed by atoms with van der Waals surface area (Å²) in [6.07, 6.45) is 0. The smallest absolute Gasteiger partial charge is 0.256 e. The molecule has 1 N–H and O–H groups in total. The molecule has 3 aromatic carbocycles. The number of anilines is 1. The SMILES string of the molecule is O=C(Nc1ccc2ccccc2c1)c1cc2c(cc1Br)OCCO2. The molecule has 1 aliphatic heterocycles. The van der Waals surface area contributed by atoms with Crippen LogP contribution < -0.4 is 14.8 Å². The van der Waals surface area contributed by atoms with Gasteiger partial charge >= 0.3 is 0 Å². The van der Waals surface area contributed by atoms with Crippen molar-refractivity contribution in [3.8, 4) is 11.5 Å². The van der Waals surface area contributed by atoms with Gasteiger partial charge < -0.3 is 14.8 Å². The minimum absolute atomic E-state index is 0.200. The Hall–Kier alpha value is -2.53. The zero-order valence-electron chi connectivity index (χ0n) is 12.7. The molecular formula is C19H14BrNO3. The Morgan fingerprint density at radius 3 is 2.42 bits per heavy atom. The average molecular weight is 384 g/mol. The molecule has 0 saturated carbocycles. The molecule has 0 radical (unpaired) electrons. The van der Waals surface area contributed by atoms with Crippen LogP contribution in [0.2, 0.25) is 0 Å². The molecule has 0 aliphatic carbocycles. The van der Waals surface area contributed by atoms with Crippen LogP contribution in [-0.2, 0) is 0 Å². The summed E-state index contributed by atoms with van der Waals surface area (Å²) < 4.78 is 11.7. The van der Waals surface area contributed by atoms with Crippen molar-refractivity contribution in [2.45, 2.75) is 0 Å². The van der Waals surface area contributed by atoms with Gasteiger partial charge in [-0.05, 0) is 51.0 Å². The van der Waals surface area contributed by atoms with E-state index in [9.17, 15) is 4.79 Å². The molecule has 0 bridgehead atoms. The summed E-state index contributed by atoms with van der Waals surface area (Å²) in [6.45, 7) is 1.00. The standard InChI is InChI=1S/C19H14BrNO3/c20-16-11-18-17(23-7-8-24-18)10-15(16)19(22)21-14-6-5-12-3-1-2-4-13(12)9-14/h1-6,9-11H,7-8H2,(H,21,22). The largest absolute Gasteiger partial charge is 0.486 e. The summed E-state index contributed by atoms with van der Waals surface area (Å²) in [6, 6.07) is 17.3. The molecule has 0 spiro atoms. The molecule has 1 amide bonds. The number of carbonyl (C=O) groups is 1. The topological polar surface area (TPSA) is 47.6 Å². The van der Waals surface area contributed by atoms with Gasteiger partial charge in [-0.1, -0.05) is 30.3 Å². The number of amides is 1. The first-order valence-electron chi connectivity index (χ1n) is 7.60. The van der Waals surface area contributed by atoms with E-state index in [1.54, 1.807) is 12.1 Å². The molecule has 0 unspecified atom stereocenters. The van der Waals surface area contributed by atoms with Crippen LogP contribution in [-0.4, -0.2) is 19.1 Å². The van der Waals surface area contributed by atoms with Gasteiger partial charge in [0.1, 0.15) is 13.2 Å². The Kier molecular flexibility index (Phi) is 3.86. The molecule has 0 aromatic heterocycles. The van der Waals surface area contributed by atoms with Crippen LogP contribution in [0.4, 0.5) is 5.69 Å². The van der Waals surface area contributed by atoms with Gasteiger partial charge in [0, 0.05) is 10.2 Å². The van der Waals surface area contributed by atoms with E-state index in [0.717, 1.165) is 16.5 Å². The van der Waals surface area contributed by atoms with E-state index < -0.39 is 0 Å². The van der Waals surface area contributed by atoms with Crippen LogP contribution in [0.25, 0.3) is 10.8 Å². The molecular weight excluding hydrogens is 370 g/mol. The summed E-state index contributed by atoms with van der Waals surface area (Å²) in [7, 11) is 0. The number of nitrogens with one attached hydrogen (secondary N) is 1. The second kappa shape index (κ2) is 6.17. The Bertz CT molecular complexity index is 939. The molecule has 3 aromatic rings. The number of hydrogen-bond donors (Lipinski definition) is 1. The highest BCUT2D eigenvalue weighted by atomic mass is 79.9. The van der Waals surface area contributed by atoms with Crippen LogP contribution in [0.1, 0.15) is 10.4 Å². The predicted octanol–water partition coefficient (Wildman–Crippen LogP) is 4.63. The fraction of sp³-hybridized carbons (Fsp3) is 0.105. The lowest BCUT2D eigenvalue weighted by Crippen LogP contribution is -2.17. The first kappa shape index (κ1) is 15.0. The van der Waals surface area contributed by atoms with Crippen molar-refractivity contribution in [1.82, 2.24) is 0 Å². The van der Waals surface area contributed by atoms with E-state index in [4.69, 9.17) is 9.47 Å². The average Bonchev–Trinajstić information content (AvgIpc) is 2.61. The minimum Gasteiger partial charge on any atom is -0.486 e. The van der Waals surface area contributed by atoms with E-state index in [1.165, 1.54) is 0 Å². The number of carbonyl (C=O) groups excluding carboxylic acids is 1. The Morgan fingerprint density at radius 2 is 1.62 bits per heavy atom. The lowest BCUT2D eigenvalue weighted by Gasteiger charge is -2.19. The van der Waals surface area contributed by atoms with Crippen LogP contribution in [0.5, 0.6) is 11.5 Å². The summed E-state index contributed by atoms with van der Waals surface area (Å²) in [5, 5.41) is 5.15. The van der Waals surface area contributed by atoms with Gasteiger partial charge in [-0.25, -0.2) is 0 Å². The molecule has 0 atom stereocenters. The van der Waals surface area contributed by atoms with Crippen molar-refractivity contribution in [3.63, 3.8) is 0 Å². The maximum absolute atomic E-state index is 12.6. The van der Waals surface area contributed by atoms with Crippen molar-refractivity contribution in [3.05, 3.63) is 64.6 Å². The van der Waals surface area contributed by atoms with Gasteiger partial charge in [-0.2, -0.15) is 0 Å². The number of rotatable bonds is 2. The number of hydrogen-bond acceptors (Lipinski definition) is 3. The molecule has 4 nitrogen and oxygen atoms in total. The van der Waals surface area contributed by atoms with Gasteiger partial charge in [0.25, 0.3) is 5.91 Å². The lowest BCUT2D eigenvalue weighted by atomic mass is 10.1. The molecule has 24 heavy (non-hydrogen) atoms. The highest BCUT2D eigenvalue weighted by molar-refractivity contribution is 9.10. The molecule has 4 rings (SSSR count). The van der Waals surface area contributed by atoms with E-state index in [1.807, 2.05) is 42.5 Å². The van der Waals surface area contributed by atoms with Crippen LogP contribution in [0.3, 0.4) is 0 Å². The number of benzene rings is 3. The minimum atomic E-state index is -0.200. The Morgan fingerprint density at radius 1 is 0.917 bits per heavy atom. The summed E-state index contributed by atoms with van der Waals surface area (Å²) in [4.78, 5) is 12.6. The third kappa shape index (κ3) is 2.83. The summed E-state index contributed by atoms with van der Waals surface area (Å²) >= 11 is 3.43. The van der Waals surface area contributed by atoms with E-state index >= 15 is 0 Å². The third-order valence-corrected chi connectivity index (χ3v) is 4.54. The van der Waals surface area contributed by atoms with E-state index in [0.29, 0.717) is 34.7 Å². The van der Waals surface area contributed by atoms with Gasteiger partial charge in [0.05, 0.1) is 5.56 Å². The monoisotopic (exact) mass is 383 g/mol. The molecule has 1 aliphatic rings. The number of fused-ring (bicyclic) bond motifs is 2. The maximum Gasteiger partial charge on any atom is 0.256 e. The third-order valence-electron chi connectivity index (χ3n) is 3.88. The zero-order chi connectivity index (χ0) is 16.5. The Labute approximate surface area is 147 Å². The van der Waals surface area contributed by atoms with Crippen LogP contribution in [0.15, 0.2) is 59.1 Å². The summed E-state index contributed by atoms with van der Waals surface area (Å²) in [5.74, 6) is 1.04.